The van der Waals surface area contributed by atoms with Gasteiger partial charge in [-0.05, 0) is 63.0 Å². The second-order valence-electron chi connectivity index (χ2n) is 6.64. The van der Waals surface area contributed by atoms with Gasteiger partial charge in [-0.1, -0.05) is 6.92 Å². The Morgan fingerprint density at radius 2 is 1.95 bits per heavy atom. The number of hydrogen-bond donors (Lipinski definition) is 1. The van der Waals surface area contributed by atoms with Crippen molar-refractivity contribution in [3.05, 3.63) is 21.4 Å². The quantitative estimate of drug-likeness (QED) is 0.839. The Balaban J connectivity index is 1.46. The first-order valence-corrected chi connectivity index (χ1v) is 8.95. The predicted octanol–water partition coefficient (Wildman–Crippen LogP) is 4.40. The van der Waals surface area contributed by atoms with Crippen LogP contribution in [0.25, 0.3) is 0 Å². The van der Waals surface area contributed by atoms with Crippen molar-refractivity contribution >= 4 is 11.3 Å². The van der Waals surface area contributed by atoms with Gasteiger partial charge in [-0.2, -0.15) is 0 Å². The molecule has 0 bridgehead atoms. The highest BCUT2D eigenvalue weighted by Crippen LogP contribution is 2.28. The fourth-order valence-electron chi connectivity index (χ4n) is 2.95. The Labute approximate surface area is 126 Å². The first-order valence-electron chi connectivity index (χ1n) is 8.14. The lowest BCUT2D eigenvalue weighted by Crippen LogP contribution is -2.20. The number of hydrogen-bond acceptors (Lipinski definition) is 3. The highest BCUT2D eigenvalue weighted by molar-refractivity contribution is 7.12. The van der Waals surface area contributed by atoms with Crippen LogP contribution < -0.4 is 5.32 Å². The van der Waals surface area contributed by atoms with Gasteiger partial charge in [-0.15, -0.1) is 11.3 Å². The molecule has 2 aliphatic carbocycles. The number of aryl methyl sites for hydroxylation is 1. The van der Waals surface area contributed by atoms with E-state index in [4.69, 9.17) is 4.74 Å². The van der Waals surface area contributed by atoms with Crippen molar-refractivity contribution in [2.24, 2.45) is 5.92 Å². The fraction of sp³-hybridized carbons (Fsp3) is 0.765. The lowest BCUT2D eigenvalue weighted by Gasteiger charge is -2.26. The predicted molar refractivity (Wildman–Crippen MR) is 85.1 cm³/mol. The molecule has 0 radical (unpaired) electrons. The minimum absolute atomic E-state index is 0.499. The third-order valence-corrected chi connectivity index (χ3v) is 5.74. The van der Waals surface area contributed by atoms with Gasteiger partial charge in [-0.25, -0.2) is 0 Å². The molecule has 0 amide bonds. The van der Waals surface area contributed by atoms with Crippen LogP contribution >= 0.6 is 11.3 Å². The highest BCUT2D eigenvalue weighted by atomic mass is 32.1. The molecule has 0 atom stereocenters. The highest BCUT2D eigenvalue weighted by Gasteiger charge is 2.21. The van der Waals surface area contributed by atoms with Crippen molar-refractivity contribution in [1.29, 1.82) is 0 Å². The molecule has 1 N–H and O–H groups in total. The van der Waals surface area contributed by atoms with Gasteiger partial charge in [0.05, 0.1) is 12.7 Å². The largest absolute Gasteiger partial charge is 0.374 e. The van der Waals surface area contributed by atoms with Gasteiger partial charge in [0.25, 0.3) is 0 Å². The summed E-state index contributed by atoms with van der Waals surface area (Å²) in [5, 5.41) is 3.59. The van der Waals surface area contributed by atoms with E-state index in [1.54, 1.807) is 0 Å². The lowest BCUT2D eigenvalue weighted by atomic mass is 9.89. The summed E-state index contributed by atoms with van der Waals surface area (Å²) in [5.74, 6) is 0.901. The van der Waals surface area contributed by atoms with E-state index >= 15 is 0 Å². The van der Waals surface area contributed by atoms with Gasteiger partial charge in [0.2, 0.25) is 0 Å². The molecule has 3 rings (SSSR count). The van der Waals surface area contributed by atoms with Crippen molar-refractivity contribution in [3.8, 4) is 0 Å². The van der Waals surface area contributed by atoms with E-state index in [2.05, 4.69) is 25.2 Å². The number of ether oxygens (including phenoxy) is 1. The molecule has 1 heterocycles. The monoisotopic (exact) mass is 293 g/mol. The Kier molecular flexibility index (Phi) is 4.79. The van der Waals surface area contributed by atoms with Crippen molar-refractivity contribution in [2.75, 3.05) is 0 Å². The molecule has 0 aliphatic heterocycles. The van der Waals surface area contributed by atoms with E-state index in [1.165, 1.54) is 53.8 Å². The first-order chi connectivity index (χ1) is 9.70. The molecular weight excluding hydrogens is 266 g/mol. The van der Waals surface area contributed by atoms with E-state index in [0.29, 0.717) is 6.10 Å². The normalized spacial score (nSPS) is 26.9. The van der Waals surface area contributed by atoms with Crippen LogP contribution in [-0.2, 0) is 17.9 Å². The Morgan fingerprint density at radius 1 is 1.20 bits per heavy atom. The molecule has 3 heteroatoms. The number of rotatable bonds is 6. The second kappa shape index (κ2) is 6.59. The van der Waals surface area contributed by atoms with Gasteiger partial charge in [0, 0.05) is 22.3 Å². The molecule has 1 aromatic heterocycles. The maximum atomic E-state index is 6.14. The van der Waals surface area contributed by atoms with Crippen LogP contribution in [0.1, 0.15) is 60.8 Å². The van der Waals surface area contributed by atoms with E-state index < -0.39 is 0 Å². The zero-order chi connectivity index (χ0) is 13.9. The maximum Gasteiger partial charge on any atom is 0.0731 e. The minimum Gasteiger partial charge on any atom is -0.374 e. The van der Waals surface area contributed by atoms with Gasteiger partial charge >= 0.3 is 0 Å². The van der Waals surface area contributed by atoms with Crippen LogP contribution in [0.5, 0.6) is 0 Å². The van der Waals surface area contributed by atoms with E-state index in [1.807, 2.05) is 11.3 Å². The number of nitrogens with one attached hydrogen (secondary N) is 1. The third-order valence-electron chi connectivity index (χ3n) is 4.65. The van der Waals surface area contributed by atoms with E-state index in [-0.39, 0.29) is 0 Å². The minimum atomic E-state index is 0.499. The summed E-state index contributed by atoms with van der Waals surface area (Å²) in [6.45, 7) is 6.44. The van der Waals surface area contributed by atoms with Crippen LogP contribution in [0, 0.1) is 12.8 Å². The van der Waals surface area contributed by atoms with E-state index in [9.17, 15) is 0 Å². The summed E-state index contributed by atoms with van der Waals surface area (Å²) >= 11 is 1.93. The standard InChI is InChI=1S/C17H27NOS/c1-12-3-7-16(8-4-12)19-11-14-9-17(20-13(14)2)10-18-15-5-6-15/h9,12,15-16,18H,3-8,10-11H2,1-2H3. The smallest absolute Gasteiger partial charge is 0.0731 e. The maximum absolute atomic E-state index is 6.14. The summed E-state index contributed by atoms with van der Waals surface area (Å²) in [6, 6.07) is 3.14. The summed E-state index contributed by atoms with van der Waals surface area (Å²) in [5.41, 5.74) is 1.40. The molecule has 1 aromatic rings. The molecule has 0 spiro atoms. The van der Waals surface area contributed by atoms with Crippen LogP contribution in [0.4, 0.5) is 0 Å². The van der Waals surface area contributed by atoms with Crippen LogP contribution in [0.15, 0.2) is 6.07 Å². The fourth-order valence-corrected chi connectivity index (χ4v) is 3.95. The summed E-state index contributed by atoms with van der Waals surface area (Å²) in [4.78, 5) is 2.90. The van der Waals surface area contributed by atoms with Crippen LogP contribution in [0.2, 0.25) is 0 Å². The summed E-state index contributed by atoms with van der Waals surface area (Å²) in [6.07, 6.45) is 8.40. The van der Waals surface area contributed by atoms with Gasteiger partial charge < -0.3 is 10.1 Å². The van der Waals surface area contributed by atoms with Crippen molar-refractivity contribution in [2.45, 2.75) is 77.7 Å². The Bertz CT molecular complexity index is 430. The first kappa shape index (κ1) is 14.6. The molecule has 0 saturated heterocycles. The topological polar surface area (TPSA) is 21.3 Å². The molecular formula is C17H27NOS. The molecule has 2 nitrogen and oxygen atoms in total. The molecule has 0 unspecified atom stereocenters. The zero-order valence-corrected chi connectivity index (χ0v) is 13.6. The van der Waals surface area contributed by atoms with Crippen molar-refractivity contribution in [3.63, 3.8) is 0 Å². The second-order valence-corrected chi connectivity index (χ2v) is 7.98. The Hall–Kier alpha value is -0.380. The lowest BCUT2D eigenvalue weighted by molar-refractivity contribution is 0.00872. The molecule has 0 aromatic carbocycles. The third kappa shape index (κ3) is 4.06. The van der Waals surface area contributed by atoms with Crippen LogP contribution in [-0.4, -0.2) is 12.1 Å². The Morgan fingerprint density at radius 3 is 2.65 bits per heavy atom. The summed E-state index contributed by atoms with van der Waals surface area (Å²) in [7, 11) is 0. The molecule has 2 fully saturated rings. The molecule has 2 aliphatic rings. The number of thiophene rings is 1. The average Bonchev–Trinajstić information content (AvgIpc) is 3.20. The van der Waals surface area contributed by atoms with Gasteiger partial charge in [-0.3, -0.25) is 0 Å². The van der Waals surface area contributed by atoms with Crippen molar-refractivity contribution < 1.29 is 4.74 Å². The SMILES string of the molecule is Cc1sc(CNC2CC2)cc1COC1CCC(C)CC1. The molecule has 112 valence electrons. The van der Waals surface area contributed by atoms with Crippen molar-refractivity contribution in [1.82, 2.24) is 5.32 Å². The van der Waals surface area contributed by atoms with Gasteiger partial charge in [0.1, 0.15) is 0 Å². The van der Waals surface area contributed by atoms with Gasteiger partial charge in [0.15, 0.2) is 0 Å². The zero-order valence-electron chi connectivity index (χ0n) is 12.8. The molecule has 20 heavy (non-hydrogen) atoms. The average molecular weight is 293 g/mol. The van der Waals surface area contributed by atoms with Crippen LogP contribution in [0.3, 0.4) is 0 Å². The van der Waals surface area contributed by atoms with E-state index in [0.717, 1.165) is 25.1 Å². The molecule has 2 saturated carbocycles. The summed E-state index contributed by atoms with van der Waals surface area (Å²) < 4.78 is 6.14.